The fraction of sp³-hybridized carbons (Fsp3) is 0.304. The number of benzene rings is 1. The van der Waals surface area contributed by atoms with Crippen LogP contribution < -0.4 is 20.3 Å². The summed E-state index contributed by atoms with van der Waals surface area (Å²) in [5.74, 6) is -0.550. The molecule has 2 aromatic heterocycles. The Labute approximate surface area is 204 Å². The Bertz CT molecular complexity index is 1250. The van der Waals surface area contributed by atoms with Crippen molar-refractivity contribution in [2.75, 3.05) is 30.0 Å². The fourth-order valence-corrected chi connectivity index (χ4v) is 3.64. The van der Waals surface area contributed by atoms with Gasteiger partial charge in [0.2, 0.25) is 5.91 Å². The number of hydrogen-bond donors (Lipinski definition) is 2. The lowest BCUT2D eigenvalue weighted by atomic mass is 10.1. The normalized spacial score (nSPS) is 14.1. The van der Waals surface area contributed by atoms with Crippen molar-refractivity contribution in [3.05, 3.63) is 54.4 Å². The van der Waals surface area contributed by atoms with Gasteiger partial charge in [-0.3, -0.25) is 14.4 Å². The molecule has 0 spiro atoms. The molecule has 0 fully saturated rings. The number of pyridine rings is 1. The molecule has 10 nitrogen and oxygen atoms in total. The second kappa shape index (κ2) is 10.2. The number of nitrogens with one attached hydrogen (secondary N) is 2. The number of halogens is 3. The number of carbonyl (C=O) groups is 2. The van der Waals surface area contributed by atoms with Crippen LogP contribution in [-0.4, -0.2) is 52.8 Å². The number of anilines is 2. The van der Waals surface area contributed by atoms with E-state index in [9.17, 15) is 22.8 Å². The van der Waals surface area contributed by atoms with Gasteiger partial charge in [0.25, 0.3) is 0 Å². The second-order valence-corrected chi connectivity index (χ2v) is 7.88. The highest BCUT2D eigenvalue weighted by Crippen LogP contribution is 2.31. The van der Waals surface area contributed by atoms with Gasteiger partial charge in [-0.2, -0.15) is 5.10 Å². The lowest BCUT2D eigenvalue weighted by Crippen LogP contribution is -2.49. The third-order valence-corrected chi connectivity index (χ3v) is 5.26. The second-order valence-electron chi connectivity index (χ2n) is 7.88. The third-order valence-electron chi connectivity index (χ3n) is 5.26. The smallest absolute Gasteiger partial charge is 0.406 e. The summed E-state index contributed by atoms with van der Waals surface area (Å²) in [6.07, 6.45) is -1.49. The van der Waals surface area contributed by atoms with Gasteiger partial charge in [-0.05, 0) is 36.8 Å². The first-order valence-corrected chi connectivity index (χ1v) is 10.9. The van der Waals surface area contributed by atoms with Crippen LogP contribution in [0.5, 0.6) is 5.75 Å². The molecule has 0 saturated heterocycles. The van der Waals surface area contributed by atoms with E-state index in [0.717, 1.165) is 12.1 Å². The predicted octanol–water partition coefficient (Wildman–Crippen LogP) is 3.63. The van der Waals surface area contributed by atoms with Crippen molar-refractivity contribution in [2.24, 2.45) is 7.05 Å². The summed E-state index contributed by atoms with van der Waals surface area (Å²) in [6.45, 7) is 1.91. The minimum absolute atomic E-state index is 0.0562. The SMILES string of the molecule is CCOCC(NC(=O)N1CC(=O)Nc2cc(-c3ccn(C)n3)cnc21)c1ccc(OC(F)(F)F)cc1. The van der Waals surface area contributed by atoms with E-state index in [0.29, 0.717) is 29.1 Å². The first-order chi connectivity index (χ1) is 17.1. The van der Waals surface area contributed by atoms with E-state index in [1.807, 2.05) is 0 Å². The number of alkyl halides is 3. The van der Waals surface area contributed by atoms with Crippen LogP contribution in [0.25, 0.3) is 11.3 Å². The molecule has 4 rings (SSSR count). The Balaban J connectivity index is 1.55. The fourth-order valence-electron chi connectivity index (χ4n) is 3.64. The zero-order valence-corrected chi connectivity index (χ0v) is 19.4. The molecule has 1 aliphatic heterocycles. The molecule has 36 heavy (non-hydrogen) atoms. The first-order valence-electron chi connectivity index (χ1n) is 10.9. The van der Waals surface area contributed by atoms with Crippen LogP contribution in [0.15, 0.2) is 48.8 Å². The van der Waals surface area contributed by atoms with Crippen molar-refractivity contribution in [1.82, 2.24) is 20.1 Å². The van der Waals surface area contributed by atoms with E-state index in [-0.39, 0.29) is 24.7 Å². The summed E-state index contributed by atoms with van der Waals surface area (Å²) in [4.78, 5) is 31.1. The number of urea groups is 1. The van der Waals surface area contributed by atoms with Gasteiger partial charge in [0.15, 0.2) is 5.82 Å². The van der Waals surface area contributed by atoms with Crippen LogP contribution in [0.4, 0.5) is 29.5 Å². The molecule has 3 heterocycles. The van der Waals surface area contributed by atoms with Crippen LogP contribution in [0.2, 0.25) is 0 Å². The highest BCUT2D eigenvalue weighted by atomic mass is 19.4. The molecule has 1 aromatic carbocycles. The zero-order chi connectivity index (χ0) is 25.9. The quantitative estimate of drug-likeness (QED) is 0.509. The summed E-state index contributed by atoms with van der Waals surface area (Å²) in [6, 6.07) is 7.25. The Morgan fingerprint density at radius 1 is 1.25 bits per heavy atom. The molecule has 3 aromatic rings. The molecule has 190 valence electrons. The molecule has 0 radical (unpaired) electrons. The van der Waals surface area contributed by atoms with Crippen LogP contribution in [0.1, 0.15) is 18.5 Å². The average Bonchev–Trinajstić information content (AvgIpc) is 3.26. The van der Waals surface area contributed by atoms with Crippen molar-refractivity contribution in [3.63, 3.8) is 0 Å². The lowest BCUT2D eigenvalue weighted by molar-refractivity contribution is -0.274. The number of fused-ring (bicyclic) bond motifs is 1. The Morgan fingerprint density at radius 2 is 2.00 bits per heavy atom. The number of ether oxygens (including phenoxy) is 2. The first kappa shape index (κ1) is 25.0. The van der Waals surface area contributed by atoms with Gasteiger partial charge in [-0.15, -0.1) is 13.2 Å². The Kier molecular flexibility index (Phi) is 7.10. The van der Waals surface area contributed by atoms with E-state index in [1.165, 1.54) is 17.0 Å². The van der Waals surface area contributed by atoms with Gasteiger partial charge in [0, 0.05) is 31.6 Å². The standard InChI is InChI=1S/C23H23F3N6O4/c1-3-35-13-19(14-4-6-16(7-5-14)36-23(24,25)26)29-22(34)32-12-20(33)28-18-10-15(11-27-21(18)32)17-8-9-31(2)30-17/h4-11,19H,3,12-13H2,1-2H3,(H,28,33)(H,29,34). The van der Waals surface area contributed by atoms with Crippen molar-refractivity contribution < 1.29 is 32.2 Å². The lowest BCUT2D eigenvalue weighted by Gasteiger charge is -2.30. The zero-order valence-electron chi connectivity index (χ0n) is 19.4. The van der Waals surface area contributed by atoms with E-state index in [4.69, 9.17) is 4.74 Å². The third kappa shape index (κ3) is 5.92. The number of amides is 3. The topological polar surface area (TPSA) is 111 Å². The minimum Gasteiger partial charge on any atom is -0.406 e. The van der Waals surface area contributed by atoms with Gasteiger partial charge in [0.1, 0.15) is 12.3 Å². The van der Waals surface area contributed by atoms with Gasteiger partial charge >= 0.3 is 12.4 Å². The molecule has 0 aliphatic carbocycles. The Hall–Kier alpha value is -4.13. The number of rotatable bonds is 7. The number of aryl methyl sites for hydroxylation is 1. The minimum atomic E-state index is -4.81. The van der Waals surface area contributed by atoms with Crippen LogP contribution >= 0.6 is 0 Å². The maximum Gasteiger partial charge on any atom is 0.573 e. The summed E-state index contributed by atoms with van der Waals surface area (Å²) in [7, 11) is 1.78. The van der Waals surface area contributed by atoms with Crippen LogP contribution in [0.3, 0.4) is 0 Å². The molecule has 1 aliphatic rings. The van der Waals surface area contributed by atoms with Gasteiger partial charge < -0.3 is 20.1 Å². The highest BCUT2D eigenvalue weighted by Gasteiger charge is 2.32. The van der Waals surface area contributed by atoms with Crippen LogP contribution in [0, 0.1) is 0 Å². The molecule has 3 amide bonds. The average molecular weight is 504 g/mol. The van der Waals surface area contributed by atoms with E-state index in [2.05, 4.69) is 25.5 Å². The largest absolute Gasteiger partial charge is 0.573 e. The van der Waals surface area contributed by atoms with E-state index < -0.39 is 24.3 Å². The van der Waals surface area contributed by atoms with E-state index in [1.54, 1.807) is 43.2 Å². The number of carbonyl (C=O) groups excluding carboxylic acids is 2. The summed E-state index contributed by atoms with van der Waals surface area (Å²) < 4.78 is 48.4. The van der Waals surface area contributed by atoms with Crippen LogP contribution in [-0.2, 0) is 16.6 Å². The molecule has 0 saturated carbocycles. The van der Waals surface area contributed by atoms with Crippen molar-refractivity contribution in [3.8, 4) is 17.0 Å². The summed E-state index contributed by atoms with van der Waals surface area (Å²) >= 11 is 0. The molecular formula is C23H23F3N6O4. The number of aromatic nitrogens is 3. The number of hydrogen-bond acceptors (Lipinski definition) is 6. The van der Waals surface area contributed by atoms with Gasteiger partial charge in [-0.1, -0.05) is 12.1 Å². The van der Waals surface area contributed by atoms with Crippen molar-refractivity contribution >= 4 is 23.4 Å². The molecule has 1 unspecified atom stereocenters. The maximum atomic E-state index is 13.2. The predicted molar refractivity (Wildman–Crippen MR) is 123 cm³/mol. The van der Waals surface area contributed by atoms with E-state index >= 15 is 0 Å². The summed E-state index contributed by atoms with van der Waals surface area (Å²) in [5.41, 5.74) is 2.15. The molecule has 2 N–H and O–H groups in total. The van der Waals surface area contributed by atoms with Crippen molar-refractivity contribution in [2.45, 2.75) is 19.3 Å². The molecular weight excluding hydrogens is 481 g/mol. The van der Waals surface area contributed by atoms with Crippen molar-refractivity contribution in [1.29, 1.82) is 0 Å². The monoisotopic (exact) mass is 504 g/mol. The maximum absolute atomic E-state index is 13.2. The highest BCUT2D eigenvalue weighted by molar-refractivity contribution is 6.09. The summed E-state index contributed by atoms with van der Waals surface area (Å²) in [5, 5.41) is 9.81. The molecule has 13 heteroatoms. The molecule has 0 bridgehead atoms. The molecule has 1 atom stereocenters. The Morgan fingerprint density at radius 3 is 2.64 bits per heavy atom. The van der Waals surface area contributed by atoms with Gasteiger partial charge in [-0.25, -0.2) is 9.78 Å². The number of nitrogens with zero attached hydrogens (tertiary/aromatic N) is 4. The van der Waals surface area contributed by atoms with Gasteiger partial charge in [0.05, 0.1) is 24.0 Å².